The van der Waals surface area contributed by atoms with E-state index in [2.05, 4.69) is 41.3 Å². The molecule has 0 spiro atoms. The fourth-order valence-corrected chi connectivity index (χ4v) is 2.92. The number of carboxylic acids is 1. The Balaban J connectivity index is 1.36. The second kappa shape index (κ2) is 7.97. The number of aliphatic carboxylic acids is 1. The molecule has 1 N–H and O–H groups in total. The Hall–Kier alpha value is -2.33. The van der Waals surface area contributed by atoms with Gasteiger partial charge in [0.15, 0.2) is 0 Å². The quantitative estimate of drug-likeness (QED) is 0.757. The van der Waals surface area contributed by atoms with E-state index in [-0.39, 0.29) is 5.92 Å². The number of aryl methyl sites for hydroxylation is 1. The van der Waals surface area contributed by atoms with Gasteiger partial charge in [-0.25, -0.2) is 0 Å². The van der Waals surface area contributed by atoms with Gasteiger partial charge in [-0.15, -0.1) is 0 Å². The van der Waals surface area contributed by atoms with Crippen LogP contribution in [0.3, 0.4) is 0 Å². The van der Waals surface area contributed by atoms with Gasteiger partial charge in [0.05, 0.1) is 12.5 Å². The molecule has 0 unspecified atom stereocenters. The molecule has 24 heavy (non-hydrogen) atoms. The smallest absolute Gasteiger partial charge is 0.309 e. The van der Waals surface area contributed by atoms with Crippen molar-refractivity contribution in [2.24, 2.45) is 5.92 Å². The third-order valence-corrected chi connectivity index (χ3v) is 4.36. The second-order valence-electron chi connectivity index (χ2n) is 6.31. The van der Waals surface area contributed by atoms with Crippen molar-refractivity contribution in [2.45, 2.75) is 19.4 Å². The summed E-state index contributed by atoms with van der Waals surface area (Å²) in [6, 6.07) is 18.5. The number of carboxylic acid groups (broad SMARTS) is 1. The van der Waals surface area contributed by atoms with Gasteiger partial charge in [0.1, 0.15) is 5.75 Å². The summed E-state index contributed by atoms with van der Waals surface area (Å²) in [5.74, 6) is 0.00144. The molecular weight excluding hydrogens is 302 g/mol. The molecule has 4 heteroatoms. The summed E-state index contributed by atoms with van der Waals surface area (Å²) < 4.78 is 5.79. The van der Waals surface area contributed by atoms with Gasteiger partial charge in [-0.1, -0.05) is 42.5 Å². The Morgan fingerprint density at radius 1 is 1.04 bits per heavy atom. The van der Waals surface area contributed by atoms with E-state index in [0.29, 0.717) is 19.7 Å². The molecule has 0 amide bonds. The maximum atomic E-state index is 10.8. The summed E-state index contributed by atoms with van der Waals surface area (Å²) in [5.41, 5.74) is 2.53. The molecule has 0 aromatic heterocycles. The van der Waals surface area contributed by atoms with Crippen molar-refractivity contribution in [3.63, 3.8) is 0 Å². The summed E-state index contributed by atoms with van der Waals surface area (Å²) in [4.78, 5) is 12.9. The van der Waals surface area contributed by atoms with Crippen molar-refractivity contribution in [1.29, 1.82) is 0 Å². The zero-order chi connectivity index (χ0) is 16.8. The van der Waals surface area contributed by atoms with Crippen molar-refractivity contribution in [1.82, 2.24) is 4.90 Å². The topological polar surface area (TPSA) is 49.8 Å². The van der Waals surface area contributed by atoms with E-state index in [4.69, 9.17) is 9.84 Å². The van der Waals surface area contributed by atoms with Crippen LogP contribution in [0.1, 0.15) is 17.5 Å². The lowest BCUT2D eigenvalue weighted by molar-refractivity contribution is -0.147. The number of ether oxygens (including phenoxy) is 1. The number of hydrogen-bond acceptors (Lipinski definition) is 3. The van der Waals surface area contributed by atoms with Crippen molar-refractivity contribution in [3.8, 4) is 5.75 Å². The number of carbonyl (C=O) groups is 1. The molecule has 1 heterocycles. The van der Waals surface area contributed by atoms with Crippen LogP contribution in [0, 0.1) is 5.92 Å². The van der Waals surface area contributed by atoms with E-state index in [1.165, 1.54) is 11.1 Å². The average Bonchev–Trinajstić information content (AvgIpc) is 2.56. The highest BCUT2D eigenvalue weighted by Crippen LogP contribution is 2.20. The van der Waals surface area contributed by atoms with Crippen molar-refractivity contribution in [3.05, 3.63) is 65.7 Å². The van der Waals surface area contributed by atoms with E-state index in [0.717, 1.165) is 25.1 Å². The van der Waals surface area contributed by atoms with Crippen LogP contribution in [0.25, 0.3) is 0 Å². The molecule has 0 atom stereocenters. The number of likely N-dealkylation sites (tertiary alicyclic amines) is 1. The minimum absolute atomic E-state index is 0.197. The van der Waals surface area contributed by atoms with E-state index in [9.17, 15) is 4.79 Å². The minimum atomic E-state index is -0.689. The molecule has 0 aliphatic carbocycles. The minimum Gasteiger partial charge on any atom is -0.494 e. The van der Waals surface area contributed by atoms with Gasteiger partial charge in [0.2, 0.25) is 0 Å². The zero-order valence-electron chi connectivity index (χ0n) is 13.7. The van der Waals surface area contributed by atoms with Crippen LogP contribution in [0.4, 0.5) is 0 Å². The molecule has 0 saturated carbocycles. The Kier molecular flexibility index (Phi) is 5.49. The number of rotatable bonds is 8. The lowest BCUT2D eigenvalue weighted by Crippen LogP contribution is -2.49. The fraction of sp³-hybridized carbons (Fsp3) is 0.350. The van der Waals surface area contributed by atoms with E-state index >= 15 is 0 Å². The van der Waals surface area contributed by atoms with Crippen molar-refractivity contribution in [2.75, 3.05) is 19.7 Å². The van der Waals surface area contributed by atoms with E-state index in [1.54, 1.807) is 0 Å². The summed E-state index contributed by atoms with van der Waals surface area (Å²) in [6.45, 7) is 2.80. The molecule has 0 radical (unpaired) electrons. The lowest BCUT2D eigenvalue weighted by Gasteiger charge is -2.36. The largest absolute Gasteiger partial charge is 0.494 e. The molecule has 1 fully saturated rings. The summed E-state index contributed by atoms with van der Waals surface area (Å²) >= 11 is 0. The molecule has 3 rings (SSSR count). The number of benzene rings is 2. The monoisotopic (exact) mass is 325 g/mol. The molecular formula is C20H23NO3. The van der Waals surface area contributed by atoms with Crippen LogP contribution < -0.4 is 4.74 Å². The second-order valence-corrected chi connectivity index (χ2v) is 6.31. The SMILES string of the molecule is O=C(O)C1CN(Cc2ccc(OCCCc3ccccc3)cc2)C1. The van der Waals surface area contributed by atoms with Gasteiger partial charge < -0.3 is 9.84 Å². The predicted octanol–water partition coefficient (Wildman–Crippen LogP) is 3.21. The molecule has 4 nitrogen and oxygen atoms in total. The van der Waals surface area contributed by atoms with E-state index < -0.39 is 5.97 Å². The fourth-order valence-electron chi connectivity index (χ4n) is 2.92. The van der Waals surface area contributed by atoms with Crippen molar-refractivity contribution < 1.29 is 14.6 Å². The van der Waals surface area contributed by atoms with Gasteiger partial charge in [-0.2, -0.15) is 0 Å². The third kappa shape index (κ3) is 4.59. The molecule has 126 valence electrons. The molecule has 2 aromatic rings. The first-order chi connectivity index (χ1) is 11.7. The Bertz CT molecular complexity index is 648. The van der Waals surface area contributed by atoms with Crippen molar-refractivity contribution >= 4 is 5.97 Å². The molecule has 0 bridgehead atoms. The maximum Gasteiger partial charge on any atom is 0.309 e. The Labute approximate surface area is 142 Å². The van der Waals surface area contributed by atoms with Crippen LogP contribution in [-0.2, 0) is 17.8 Å². The third-order valence-electron chi connectivity index (χ3n) is 4.36. The average molecular weight is 325 g/mol. The van der Waals surface area contributed by atoms with Gasteiger partial charge >= 0.3 is 5.97 Å². The van der Waals surface area contributed by atoms with Crippen LogP contribution in [0.5, 0.6) is 5.75 Å². The summed E-state index contributed by atoms with van der Waals surface area (Å²) in [7, 11) is 0. The highest BCUT2D eigenvalue weighted by molar-refractivity contribution is 5.71. The van der Waals surface area contributed by atoms with Gasteiger partial charge in [0.25, 0.3) is 0 Å². The van der Waals surface area contributed by atoms with Gasteiger partial charge in [-0.3, -0.25) is 9.69 Å². The normalized spacial score (nSPS) is 15.0. The van der Waals surface area contributed by atoms with Crippen LogP contribution in [0.2, 0.25) is 0 Å². The highest BCUT2D eigenvalue weighted by Gasteiger charge is 2.31. The van der Waals surface area contributed by atoms with E-state index in [1.807, 2.05) is 18.2 Å². The van der Waals surface area contributed by atoms with Crippen LogP contribution in [0.15, 0.2) is 54.6 Å². The summed E-state index contributed by atoms with van der Waals surface area (Å²) in [6.07, 6.45) is 2.02. The van der Waals surface area contributed by atoms with Crippen LogP contribution in [-0.4, -0.2) is 35.7 Å². The standard InChI is InChI=1S/C20H23NO3/c22-20(23)18-14-21(15-18)13-17-8-10-19(11-9-17)24-12-4-7-16-5-2-1-3-6-16/h1-3,5-6,8-11,18H,4,7,12-15H2,(H,22,23). The number of nitrogens with zero attached hydrogens (tertiary/aromatic N) is 1. The highest BCUT2D eigenvalue weighted by atomic mass is 16.5. The zero-order valence-corrected chi connectivity index (χ0v) is 13.7. The van der Waals surface area contributed by atoms with Gasteiger partial charge in [0, 0.05) is 19.6 Å². The predicted molar refractivity (Wildman–Crippen MR) is 93.1 cm³/mol. The Morgan fingerprint density at radius 3 is 2.42 bits per heavy atom. The Morgan fingerprint density at radius 2 is 1.75 bits per heavy atom. The number of hydrogen-bond donors (Lipinski definition) is 1. The molecule has 1 aliphatic rings. The first-order valence-corrected chi connectivity index (χ1v) is 8.41. The first kappa shape index (κ1) is 16.5. The lowest BCUT2D eigenvalue weighted by atomic mass is 10.00. The maximum absolute atomic E-state index is 10.8. The molecule has 1 aliphatic heterocycles. The molecule has 1 saturated heterocycles. The van der Waals surface area contributed by atoms with Gasteiger partial charge in [-0.05, 0) is 36.1 Å². The summed E-state index contributed by atoms with van der Waals surface area (Å²) in [5, 5.41) is 8.89. The van der Waals surface area contributed by atoms with Crippen LogP contribution >= 0.6 is 0 Å². The first-order valence-electron chi connectivity index (χ1n) is 8.41. The molecule has 2 aromatic carbocycles.